The van der Waals surface area contributed by atoms with E-state index in [1.54, 1.807) is 6.08 Å². The molecule has 4 N–H and O–H groups in total. The molecule has 2 aliphatic carbocycles. The Kier molecular flexibility index (Phi) is 2.63. The van der Waals surface area contributed by atoms with Gasteiger partial charge in [-0.15, -0.1) is 0 Å². The van der Waals surface area contributed by atoms with Crippen molar-refractivity contribution in [3.05, 3.63) is 68.5 Å². The summed E-state index contributed by atoms with van der Waals surface area (Å²) >= 11 is 0. The van der Waals surface area contributed by atoms with Crippen molar-refractivity contribution in [1.29, 1.82) is 0 Å². The summed E-state index contributed by atoms with van der Waals surface area (Å²) in [5.41, 5.74) is 1.10. The first-order valence-electron chi connectivity index (χ1n) is 7.02. The van der Waals surface area contributed by atoms with Gasteiger partial charge in [0.2, 0.25) is 11.5 Å². The number of benzene rings is 2. The van der Waals surface area contributed by atoms with Crippen LogP contribution in [-0.2, 0) is 0 Å². The normalized spacial score (nSPS) is 15.2. The van der Waals surface area contributed by atoms with Crippen molar-refractivity contribution in [2.24, 2.45) is 0 Å². The number of aliphatic hydroxyl groups is 2. The highest BCUT2D eigenvalue weighted by Crippen LogP contribution is 2.31. The van der Waals surface area contributed by atoms with Crippen molar-refractivity contribution in [3.8, 4) is 11.5 Å². The molecule has 6 heteroatoms. The molecule has 0 saturated carbocycles. The zero-order valence-corrected chi connectivity index (χ0v) is 12.1. The van der Waals surface area contributed by atoms with E-state index in [-0.39, 0.29) is 22.7 Å². The van der Waals surface area contributed by atoms with Gasteiger partial charge in [-0.3, -0.25) is 9.59 Å². The average Bonchev–Trinajstić information content (AvgIpc) is 2.54. The third-order valence-electron chi connectivity index (χ3n) is 4.16. The largest absolute Gasteiger partial charge is 0.504 e. The Morgan fingerprint density at radius 3 is 1.92 bits per heavy atom. The van der Waals surface area contributed by atoms with E-state index in [9.17, 15) is 30.0 Å². The Morgan fingerprint density at radius 1 is 0.625 bits per heavy atom. The Morgan fingerprint density at radius 2 is 1.21 bits per heavy atom. The molecule has 0 spiro atoms. The van der Waals surface area contributed by atoms with Crippen LogP contribution in [0.3, 0.4) is 0 Å². The van der Waals surface area contributed by atoms with Gasteiger partial charge in [0, 0.05) is 16.7 Å². The van der Waals surface area contributed by atoms with Crippen molar-refractivity contribution in [2.45, 2.75) is 0 Å². The number of Topliss-reactive ketones (excluding diaryl/α,β-unsaturated/α-hetero) is 1. The third-order valence-corrected chi connectivity index (χ3v) is 4.16. The van der Waals surface area contributed by atoms with Gasteiger partial charge in [0.05, 0.1) is 0 Å². The van der Waals surface area contributed by atoms with Crippen LogP contribution in [0.5, 0.6) is 11.5 Å². The summed E-state index contributed by atoms with van der Waals surface area (Å²) in [7, 11) is 0. The zero-order chi connectivity index (χ0) is 17.2. The van der Waals surface area contributed by atoms with Crippen LogP contribution < -0.4 is 10.4 Å². The van der Waals surface area contributed by atoms with E-state index in [1.807, 2.05) is 0 Å². The maximum atomic E-state index is 12.6. The number of rotatable bonds is 0. The summed E-state index contributed by atoms with van der Waals surface area (Å²) < 4.78 is 0. The van der Waals surface area contributed by atoms with Crippen LogP contribution in [0, 0.1) is 0 Å². The van der Waals surface area contributed by atoms with Crippen molar-refractivity contribution >= 4 is 23.7 Å². The zero-order valence-electron chi connectivity index (χ0n) is 12.1. The third kappa shape index (κ3) is 1.77. The number of fused-ring (bicyclic) bond motifs is 3. The first kappa shape index (κ1) is 14.1. The fourth-order valence-corrected chi connectivity index (χ4v) is 2.95. The molecule has 118 valence electrons. The van der Waals surface area contributed by atoms with Gasteiger partial charge in [-0.2, -0.15) is 0 Å². The van der Waals surface area contributed by atoms with Gasteiger partial charge < -0.3 is 20.4 Å². The second-order valence-electron chi connectivity index (χ2n) is 5.64. The predicted molar refractivity (Wildman–Crippen MR) is 83.5 cm³/mol. The second-order valence-corrected chi connectivity index (χ2v) is 5.64. The average molecular weight is 322 g/mol. The molecule has 0 unspecified atom stereocenters. The molecule has 0 aliphatic heterocycles. The first-order chi connectivity index (χ1) is 11.4. The highest BCUT2D eigenvalue weighted by atomic mass is 16.3. The first-order valence-corrected chi connectivity index (χ1v) is 7.02. The molecule has 0 atom stereocenters. The molecule has 0 fully saturated rings. The number of aromatic hydroxyl groups is 2. The molecular weight excluding hydrogens is 312 g/mol. The van der Waals surface area contributed by atoms with Gasteiger partial charge in [0.25, 0.3) is 0 Å². The molecule has 0 radical (unpaired) electrons. The second kappa shape index (κ2) is 4.48. The van der Waals surface area contributed by atoms with Gasteiger partial charge in [0.15, 0.2) is 23.0 Å². The van der Waals surface area contributed by atoms with Crippen LogP contribution in [0.1, 0.15) is 31.8 Å². The molecule has 0 heterocycles. The van der Waals surface area contributed by atoms with E-state index in [0.29, 0.717) is 21.6 Å². The maximum Gasteiger partial charge on any atom is 0.231 e. The van der Waals surface area contributed by atoms with Crippen molar-refractivity contribution in [2.75, 3.05) is 0 Å². The lowest BCUT2D eigenvalue weighted by atomic mass is 9.87. The standard InChI is InChI=1S/C18H10O6/c19-13-4-8-1-7-2-11-9(5-15(21)18(24)17(11)23)3-10(7)16(22)12(8)6-14(13)20/h1-6,19-21,24H. The summed E-state index contributed by atoms with van der Waals surface area (Å²) in [4.78, 5) is 24.7. The van der Waals surface area contributed by atoms with Gasteiger partial charge in [-0.05, 0) is 52.4 Å². The van der Waals surface area contributed by atoms with Crippen LogP contribution in [0.15, 0.2) is 35.8 Å². The minimum Gasteiger partial charge on any atom is -0.504 e. The number of phenols is 2. The van der Waals surface area contributed by atoms with E-state index in [2.05, 4.69) is 0 Å². The van der Waals surface area contributed by atoms with Gasteiger partial charge in [-0.25, -0.2) is 0 Å². The van der Waals surface area contributed by atoms with Crippen LogP contribution >= 0.6 is 0 Å². The number of hydrogen-bond donors (Lipinski definition) is 4. The molecular formula is C18H10O6. The van der Waals surface area contributed by atoms with E-state index >= 15 is 0 Å². The van der Waals surface area contributed by atoms with Crippen LogP contribution in [0.25, 0.3) is 12.2 Å². The molecule has 0 saturated heterocycles. The lowest BCUT2D eigenvalue weighted by Gasteiger charge is -2.16. The minimum atomic E-state index is -0.743. The van der Waals surface area contributed by atoms with Crippen LogP contribution in [-0.4, -0.2) is 32.0 Å². The molecule has 24 heavy (non-hydrogen) atoms. The summed E-state index contributed by atoms with van der Waals surface area (Å²) in [5, 5.41) is 39.1. The Bertz CT molecular complexity index is 1120. The molecule has 0 aromatic heterocycles. The number of allylic oxidation sites excluding steroid dienone is 2. The van der Waals surface area contributed by atoms with E-state index in [4.69, 9.17) is 0 Å². The molecule has 6 nitrogen and oxygen atoms in total. The van der Waals surface area contributed by atoms with E-state index in [0.717, 1.165) is 0 Å². The van der Waals surface area contributed by atoms with Crippen LogP contribution in [0.4, 0.5) is 0 Å². The summed E-state index contributed by atoms with van der Waals surface area (Å²) in [6, 6.07) is 5.36. The highest BCUT2D eigenvalue weighted by Gasteiger charge is 2.26. The summed E-state index contributed by atoms with van der Waals surface area (Å²) in [6.07, 6.45) is 2.82. The maximum absolute atomic E-state index is 12.6. The van der Waals surface area contributed by atoms with Gasteiger partial charge >= 0.3 is 0 Å². The van der Waals surface area contributed by atoms with E-state index in [1.165, 1.54) is 30.3 Å². The van der Waals surface area contributed by atoms with Crippen LogP contribution in [0.2, 0.25) is 0 Å². The minimum absolute atomic E-state index is 0.166. The number of carbonyl (C=O) groups is 2. The molecule has 2 aromatic rings. The lowest BCUT2D eigenvalue weighted by Crippen LogP contribution is -2.31. The predicted octanol–water partition coefficient (Wildman–Crippen LogP) is 0.775. The lowest BCUT2D eigenvalue weighted by molar-refractivity contribution is 0.0963. The molecule has 0 amide bonds. The number of hydrogen-bond acceptors (Lipinski definition) is 6. The SMILES string of the molecule is O=C1C(O)=C(O)C=c2cc3c(cc21)=Cc1cc(O)c(O)cc1C3=O. The summed E-state index contributed by atoms with van der Waals surface area (Å²) in [6.45, 7) is 0. The van der Waals surface area contributed by atoms with E-state index < -0.39 is 23.1 Å². The van der Waals surface area contributed by atoms with Gasteiger partial charge in [0.1, 0.15) is 0 Å². The fourth-order valence-electron chi connectivity index (χ4n) is 2.95. The highest BCUT2D eigenvalue weighted by molar-refractivity contribution is 6.15. The smallest absolute Gasteiger partial charge is 0.231 e. The monoisotopic (exact) mass is 322 g/mol. The molecule has 0 bridgehead atoms. The fraction of sp³-hybridized carbons (Fsp3) is 0. The molecule has 4 rings (SSSR count). The molecule has 2 aromatic carbocycles. The number of ketones is 2. The Balaban J connectivity index is 2.06. The number of carbonyl (C=O) groups excluding carboxylic acids is 2. The topological polar surface area (TPSA) is 115 Å². The Labute approximate surface area is 134 Å². The van der Waals surface area contributed by atoms with Crippen molar-refractivity contribution < 1.29 is 30.0 Å². The van der Waals surface area contributed by atoms with Gasteiger partial charge in [-0.1, -0.05) is 0 Å². The molecule has 2 aliphatic rings. The number of aliphatic hydroxyl groups excluding tert-OH is 2. The van der Waals surface area contributed by atoms with Crippen molar-refractivity contribution in [3.63, 3.8) is 0 Å². The Hall–Kier alpha value is -3.54. The van der Waals surface area contributed by atoms with Crippen molar-refractivity contribution in [1.82, 2.24) is 0 Å². The summed E-state index contributed by atoms with van der Waals surface area (Å²) in [5.74, 6) is -3.15. The quantitative estimate of drug-likeness (QED) is 0.455. The number of phenolic OH excluding ortho intramolecular Hbond substituents is 2.